The summed E-state index contributed by atoms with van der Waals surface area (Å²) in [5.74, 6) is 0.446. The van der Waals surface area contributed by atoms with Gasteiger partial charge in [-0.25, -0.2) is 0 Å². The summed E-state index contributed by atoms with van der Waals surface area (Å²) in [5.41, 5.74) is 0.891. The number of benzene rings is 2. The molecule has 3 aliphatic heterocycles. The van der Waals surface area contributed by atoms with Crippen molar-refractivity contribution < 1.29 is 38.4 Å². The molecule has 0 aromatic heterocycles. The van der Waals surface area contributed by atoms with Crippen LogP contribution in [0.4, 0.5) is 0 Å². The van der Waals surface area contributed by atoms with Crippen molar-refractivity contribution in [2.75, 3.05) is 54.3 Å². The average molecular weight is 525 g/mol. The van der Waals surface area contributed by atoms with Crippen molar-refractivity contribution in [1.29, 1.82) is 0 Å². The Labute approximate surface area is 221 Å². The highest BCUT2D eigenvalue weighted by Gasteiger charge is 2.46. The Morgan fingerprint density at radius 1 is 0.921 bits per heavy atom. The molecule has 3 heterocycles. The number of likely N-dealkylation sites (tertiary alicyclic amines) is 2. The SMILES string of the molecule is COc1cc(C2/C(=C(\O)c3ccc4c(c3)OCO4)C(=O)C(=O)N2CCN2CCCCC2)cc(OC)c1OC. The molecule has 0 bridgehead atoms. The molecule has 10 nitrogen and oxygen atoms in total. The molecule has 10 heteroatoms. The van der Waals surface area contributed by atoms with Gasteiger partial charge in [-0.15, -0.1) is 0 Å². The van der Waals surface area contributed by atoms with Crippen molar-refractivity contribution in [2.45, 2.75) is 25.3 Å². The second kappa shape index (κ2) is 10.8. The molecule has 3 aliphatic rings. The number of piperidine rings is 1. The van der Waals surface area contributed by atoms with Gasteiger partial charge in [0.05, 0.1) is 32.9 Å². The molecule has 2 aromatic rings. The van der Waals surface area contributed by atoms with Gasteiger partial charge in [0, 0.05) is 18.7 Å². The van der Waals surface area contributed by atoms with Crippen LogP contribution in [0.25, 0.3) is 5.76 Å². The first-order chi connectivity index (χ1) is 18.5. The van der Waals surface area contributed by atoms with Crippen LogP contribution >= 0.6 is 0 Å². The molecule has 2 aromatic carbocycles. The van der Waals surface area contributed by atoms with Gasteiger partial charge in [0.2, 0.25) is 12.5 Å². The minimum atomic E-state index is -0.862. The number of amides is 1. The highest BCUT2D eigenvalue weighted by Crippen LogP contribution is 2.46. The van der Waals surface area contributed by atoms with Gasteiger partial charge >= 0.3 is 0 Å². The number of carbonyl (C=O) groups is 2. The van der Waals surface area contributed by atoms with Crippen molar-refractivity contribution in [2.24, 2.45) is 0 Å². The van der Waals surface area contributed by atoms with Gasteiger partial charge < -0.3 is 38.6 Å². The number of nitrogens with zero attached hydrogens (tertiary/aromatic N) is 2. The fourth-order valence-electron chi connectivity index (χ4n) is 5.35. The first-order valence-electron chi connectivity index (χ1n) is 12.7. The maximum Gasteiger partial charge on any atom is 0.295 e. The van der Waals surface area contributed by atoms with Crippen molar-refractivity contribution in [3.63, 3.8) is 0 Å². The zero-order valence-corrected chi connectivity index (χ0v) is 21.8. The Morgan fingerprint density at radius 3 is 2.26 bits per heavy atom. The summed E-state index contributed by atoms with van der Waals surface area (Å²) in [4.78, 5) is 30.7. The minimum absolute atomic E-state index is 0.0122. The van der Waals surface area contributed by atoms with Gasteiger partial charge in [0.15, 0.2) is 23.0 Å². The maximum atomic E-state index is 13.5. The molecule has 0 spiro atoms. The summed E-state index contributed by atoms with van der Waals surface area (Å²) in [6, 6.07) is 7.45. The molecule has 202 valence electrons. The first-order valence-corrected chi connectivity index (χ1v) is 12.7. The highest BCUT2D eigenvalue weighted by atomic mass is 16.7. The second-order valence-corrected chi connectivity index (χ2v) is 9.42. The number of hydrogen-bond donors (Lipinski definition) is 1. The number of ketones is 1. The van der Waals surface area contributed by atoms with Gasteiger partial charge in [-0.2, -0.15) is 0 Å². The number of methoxy groups -OCH3 is 3. The van der Waals surface area contributed by atoms with E-state index < -0.39 is 17.7 Å². The number of carbonyl (C=O) groups excluding carboxylic acids is 2. The maximum absolute atomic E-state index is 13.5. The van der Waals surface area contributed by atoms with Gasteiger partial charge in [0.1, 0.15) is 5.76 Å². The van der Waals surface area contributed by atoms with E-state index in [4.69, 9.17) is 23.7 Å². The third kappa shape index (κ3) is 4.60. The van der Waals surface area contributed by atoms with E-state index in [-0.39, 0.29) is 18.1 Å². The van der Waals surface area contributed by atoms with Gasteiger partial charge in [-0.1, -0.05) is 6.42 Å². The van der Waals surface area contributed by atoms with E-state index in [0.29, 0.717) is 53.0 Å². The Hall–Kier alpha value is -3.92. The van der Waals surface area contributed by atoms with Crippen molar-refractivity contribution in [3.05, 3.63) is 47.0 Å². The monoisotopic (exact) mass is 524 g/mol. The molecule has 0 saturated carbocycles. The first kappa shape index (κ1) is 25.7. The smallest absolute Gasteiger partial charge is 0.295 e. The van der Waals surface area contributed by atoms with Crippen molar-refractivity contribution in [3.8, 4) is 28.7 Å². The number of aliphatic hydroxyl groups is 1. The molecule has 1 atom stereocenters. The van der Waals surface area contributed by atoms with Gasteiger partial charge in [-0.05, 0) is 61.8 Å². The molecule has 5 rings (SSSR count). The molecule has 2 saturated heterocycles. The minimum Gasteiger partial charge on any atom is -0.507 e. The van der Waals surface area contributed by atoms with E-state index in [1.165, 1.54) is 32.7 Å². The van der Waals surface area contributed by atoms with Crippen LogP contribution in [0.5, 0.6) is 28.7 Å². The molecule has 0 radical (unpaired) electrons. The largest absolute Gasteiger partial charge is 0.507 e. The Morgan fingerprint density at radius 2 is 1.61 bits per heavy atom. The lowest BCUT2D eigenvalue weighted by Crippen LogP contribution is -2.40. The summed E-state index contributed by atoms with van der Waals surface area (Å²) in [7, 11) is 4.51. The fourth-order valence-corrected chi connectivity index (χ4v) is 5.35. The number of Topliss-reactive ketones (excluding diaryl/α,β-unsaturated/α-hetero) is 1. The van der Waals surface area contributed by atoms with Crippen LogP contribution in [-0.4, -0.2) is 80.9 Å². The summed E-state index contributed by atoms with van der Waals surface area (Å²) >= 11 is 0. The molecule has 1 amide bonds. The number of hydrogen-bond acceptors (Lipinski definition) is 9. The summed E-state index contributed by atoms with van der Waals surface area (Å²) in [6.45, 7) is 2.93. The van der Waals surface area contributed by atoms with Crippen LogP contribution in [0, 0.1) is 0 Å². The number of ether oxygens (including phenoxy) is 5. The van der Waals surface area contributed by atoms with Gasteiger partial charge in [-0.3, -0.25) is 9.59 Å². The highest BCUT2D eigenvalue weighted by molar-refractivity contribution is 6.46. The third-order valence-corrected chi connectivity index (χ3v) is 7.29. The lowest BCUT2D eigenvalue weighted by molar-refractivity contribution is -0.140. The molecule has 1 unspecified atom stereocenters. The van der Waals surface area contributed by atoms with Crippen LogP contribution in [0.3, 0.4) is 0 Å². The van der Waals surface area contributed by atoms with E-state index in [1.807, 2.05) is 0 Å². The molecule has 38 heavy (non-hydrogen) atoms. The fraction of sp³-hybridized carbons (Fsp3) is 0.429. The third-order valence-electron chi connectivity index (χ3n) is 7.29. The number of rotatable bonds is 8. The van der Waals surface area contributed by atoms with Crippen LogP contribution < -0.4 is 23.7 Å². The van der Waals surface area contributed by atoms with E-state index >= 15 is 0 Å². The summed E-state index contributed by atoms with van der Waals surface area (Å²) in [6.07, 6.45) is 3.42. The lowest BCUT2D eigenvalue weighted by Gasteiger charge is -2.31. The second-order valence-electron chi connectivity index (χ2n) is 9.42. The predicted molar refractivity (Wildman–Crippen MR) is 138 cm³/mol. The predicted octanol–water partition coefficient (Wildman–Crippen LogP) is 3.35. The summed E-state index contributed by atoms with van der Waals surface area (Å²) in [5, 5.41) is 11.4. The normalized spacial score (nSPS) is 20.6. The van der Waals surface area contributed by atoms with E-state index in [1.54, 1.807) is 30.3 Å². The molecule has 0 aliphatic carbocycles. The van der Waals surface area contributed by atoms with Crippen LogP contribution in [0.2, 0.25) is 0 Å². The topological polar surface area (TPSA) is 107 Å². The lowest BCUT2D eigenvalue weighted by atomic mass is 9.94. The molecular weight excluding hydrogens is 492 g/mol. The summed E-state index contributed by atoms with van der Waals surface area (Å²) < 4.78 is 27.4. The van der Waals surface area contributed by atoms with Crippen molar-refractivity contribution >= 4 is 17.4 Å². The zero-order chi connectivity index (χ0) is 26.8. The molecule has 1 N–H and O–H groups in total. The van der Waals surface area contributed by atoms with Crippen molar-refractivity contribution in [1.82, 2.24) is 9.80 Å². The Kier molecular flexibility index (Phi) is 7.33. The van der Waals surface area contributed by atoms with E-state index in [2.05, 4.69) is 4.90 Å². The Bertz CT molecular complexity index is 1240. The number of aliphatic hydroxyl groups excluding tert-OH is 1. The standard InChI is InChI=1S/C28H32N2O8/c1-34-21-14-18(15-22(35-2)27(21)36-3)24-23(25(31)17-7-8-19-20(13-17)38-16-37-19)26(32)28(33)30(24)12-11-29-9-5-4-6-10-29/h7-8,13-15,24,31H,4-6,9-12,16H2,1-3H3/b25-23+. The van der Waals surface area contributed by atoms with E-state index in [9.17, 15) is 14.7 Å². The Balaban J connectivity index is 1.61. The van der Waals surface area contributed by atoms with Crippen LogP contribution in [-0.2, 0) is 9.59 Å². The quantitative estimate of drug-likeness (QED) is 0.316. The number of fused-ring (bicyclic) bond motifs is 1. The zero-order valence-electron chi connectivity index (χ0n) is 21.8. The molecule has 2 fully saturated rings. The van der Waals surface area contributed by atoms with E-state index in [0.717, 1.165) is 25.9 Å². The van der Waals surface area contributed by atoms with Crippen LogP contribution in [0.1, 0.15) is 36.4 Å². The average Bonchev–Trinajstić information content (AvgIpc) is 3.52. The van der Waals surface area contributed by atoms with Gasteiger partial charge in [0.25, 0.3) is 11.7 Å². The molecular formula is C28H32N2O8. The van der Waals surface area contributed by atoms with Crippen LogP contribution in [0.15, 0.2) is 35.9 Å².